The van der Waals surface area contributed by atoms with E-state index in [9.17, 15) is 36.3 Å². The maximum Gasteiger partial charge on any atom is 0.410 e. The van der Waals surface area contributed by atoms with Gasteiger partial charge in [-0.1, -0.05) is 48.5 Å². The number of halogens is 7. The van der Waals surface area contributed by atoms with E-state index in [0.717, 1.165) is 38.1 Å². The number of aromatic nitrogens is 4. The number of anilines is 2. The van der Waals surface area contributed by atoms with Crippen molar-refractivity contribution >= 4 is 41.7 Å². The molecule has 372 valence electrons. The number of hydrogen-bond donors (Lipinski definition) is 1. The summed E-state index contributed by atoms with van der Waals surface area (Å²) in [6.45, 7) is 7.69. The average Bonchev–Trinajstić information content (AvgIpc) is 4.06. The van der Waals surface area contributed by atoms with Crippen LogP contribution in [0.2, 0.25) is 0 Å². The summed E-state index contributed by atoms with van der Waals surface area (Å²) >= 11 is 0. The molecule has 14 nitrogen and oxygen atoms in total. The number of alkyl halides is 4. The fourth-order valence-corrected chi connectivity index (χ4v) is 7.79. The van der Waals surface area contributed by atoms with Crippen molar-refractivity contribution in [3.8, 4) is 22.9 Å². The number of carbonyl (C=O) groups is 3. The van der Waals surface area contributed by atoms with Gasteiger partial charge in [0.15, 0.2) is 0 Å². The Morgan fingerprint density at radius 2 is 1.07 bits per heavy atom. The van der Waals surface area contributed by atoms with Crippen molar-refractivity contribution in [3.05, 3.63) is 132 Å². The predicted octanol–water partition coefficient (Wildman–Crippen LogP) is 10.8. The molecule has 2 fully saturated rings. The largest absolute Gasteiger partial charge is 0.444 e. The lowest BCUT2D eigenvalue weighted by Gasteiger charge is -2.35. The van der Waals surface area contributed by atoms with Crippen molar-refractivity contribution in [1.82, 2.24) is 30.6 Å². The molecule has 0 radical (unpaired) electrons. The first kappa shape index (κ1) is 52.6. The van der Waals surface area contributed by atoms with Gasteiger partial charge in [-0.15, -0.1) is 32.8 Å². The van der Waals surface area contributed by atoms with E-state index in [1.54, 1.807) is 54.8 Å². The number of amides is 3. The molecule has 0 atom stereocenters. The number of carbonyl (C=O) groups excluding carboxylic acids is 3. The minimum atomic E-state index is -2.93. The van der Waals surface area contributed by atoms with Crippen LogP contribution in [0.1, 0.15) is 82.2 Å². The highest BCUT2D eigenvalue weighted by atomic mass is 35.5. The first-order valence-electron chi connectivity index (χ1n) is 22.3. The van der Waals surface area contributed by atoms with Crippen molar-refractivity contribution in [2.45, 2.75) is 78.0 Å². The Morgan fingerprint density at radius 1 is 0.657 bits per heavy atom. The highest BCUT2D eigenvalue weighted by Gasteiger charge is 2.34. The third kappa shape index (κ3) is 13.5. The Bertz CT molecular complexity index is 2680. The molecule has 6 aromatic rings. The fourth-order valence-electron chi connectivity index (χ4n) is 7.79. The summed E-state index contributed by atoms with van der Waals surface area (Å²) < 4.78 is 96.1. The third-order valence-electron chi connectivity index (χ3n) is 11.4. The lowest BCUT2D eigenvalue weighted by Crippen LogP contribution is -2.45. The van der Waals surface area contributed by atoms with Gasteiger partial charge in [0, 0.05) is 58.6 Å². The number of nitrogens with zero attached hydrogens (tertiary/aromatic N) is 7. The van der Waals surface area contributed by atoms with E-state index in [0.29, 0.717) is 42.9 Å². The maximum atomic E-state index is 15.1. The summed E-state index contributed by atoms with van der Waals surface area (Å²) in [6, 6.07) is 26.3. The van der Waals surface area contributed by atoms with Gasteiger partial charge in [0.25, 0.3) is 11.8 Å². The molecule has 0 spiro atoms. The minimum absolute atomic E-state index is 0. The first-order chi connectivity index (χ1) is 33.0. The zero-order chi connectivity index (χ0) is 49.2. The molecular weight excluding hydrogens is 946 g/mol. The van der Waals surface area contributed by atoms with E-state index in [1.807, 2.05) is 36.4 Å². The van der Waals surface area contributed by atoms with Gasteiger partial charge in [-0.2, -0.15) is 17.6 Å². The van der Waals surface area contributed by atoms with Crippen LogP contribution >= 0.6 is 12.4 Å². The summed E-state index contributed by atoms with van der Waals surface area (Å²) in [5.41, 5.74) is 1.55. The SMILES string of the molecule is CC(C)(C)OC(=O)N1CCC(C(=O)N(Cc2ccc(-c3nnc(C(F)F)o3)cc2F)c2ccccc2)CC1.Cl.O=C(C1CCNCC1)N(Cc1ccc(-c2nnc(C(F)F)o2)cc1F)c1ccccc1. The molecule has 0 bridgehead atoms. The van der Waals surface area contributed by atoms with Crippen LogP contribution in [0.4, 0.5) is 42.5 Å². The van der Waals surface area contributed by atoms with Crippen LogP contribution in [0.3, 0.4) is 0 Å². The minimum Gasteiger partial charge on any atom is -0.444 e. The second-order valence-electron chi connectivity index (χ2n) is 17.4. The molecule has 2 saturated heterocycles. The van der Waals surface area contributed by atoms with E-state index in [1.165, 1.54) is 29.2 Å². The van der Waals surface area contributed by atoms with Crippen LogP contribution in [-0.4, -0.2) is 75.0 Å². The standard InChI is InChI=1S/C27H29F3N4O4.C22H21F3N4O2.ClH/c1-27(2,3)38-26(36)33-13-11-17(12-14-33)25(35)34(20-7-5-4-6-8-20)16-19-10-9-18(15-21(19)28)23-31-32-24(37-23)22(29)30;23-18-12-15(20-27-28-21(31-20)19(24)25)6-7-16(18)13-29(17-4-2-1-3-5-17)22(30)14-8-10-26-11-9-14;/h4-10,15,17,22H,11-14,16H2,1-3H3;1-7,12,14,19,26H,8-11,13H2;1H. The summed E-state index contributed by atoms with van der Waals surface area (Å²) in [7, 11) is 0. The molecule has 8 rings (SSSR count). The van der Waals surface area contributed by atoms with E-state index >= 15 is 4.39 Å². The number of ether oxygens (including phenoxy) is 1. The Labute approximate surface area is 405 Å². The number of nitrogens with one attached hydrogen (secondary N) is 1. The highest BCUT2D eigenvalue weighted by molar-refractivity contribution is 5.96. The van der Waals surface area contributed by atoms with Gasteiger partial charge in [0.1, 0.15) is 17.2 Å². The molecule has 0 saturated carbocycles. The molecule has 2 aliphatic rings. The van der Waals surface area contributed by atoms with Gasteiger partial charge in [0.2, 0.25) is 23.6 Å². The smallest absolute Gasteiger partial charge is 0.410 e. The number of hydrogen-bond acceptors (Lipinski definition) is 11. The number of para-hydroxylation sites is 2. The molecule has 2 aromatic heterocycles. The van der Waals surface area contributed by atoms with Gasteiger partial charge in [0.05, 0.1) is 13.1 Å². The highest BCUT2D eigenvalue weighted by Crippen LogP contribution is 2.31. The van der Waals surface area contributed by atoms with Crippen molar-refractivity contribution in [2.24, 2.45) is 11.8 Å². The van der Waals surface area contributed by atoms with E-state index in [2.05, 4.69) is 25.7 Å². The Balaban J connectivity index is 0.000000231. The van der Waals surface area contributed by atoms with E-state index < -0.39 is 48.0 Å². The molecule has 4 heterocycles. The molecule has 2 aliphatic heterocycles. The van der Waals surface area contributed by atoms with Crippen molar-refractivity contribution in [2.75, 3.05) is 36.0 Å². The van der Waals surface area contributed by atoms with Crippen LogP contribution < -0.4 is 15.1 Å². The Kier molecular flexibility index (Phi) is 17.8. The molecule has 0 unspecified atom stereocenters. The molecule has 0 aliphatic carbocycles. The zero-order valence-corrected chi connectivity index (χ0v) is 39.2. The van der Waals surface area contributed by atoms with Crippen LogP contribution in [-0.2, 0) is 27.4 Å². The van der Waals surface area contributed by atoms with Crippen LogP contribution in [0.15, 0.2) is 106 Å². The van der Waals surface area contributed by atoms with E-state index in [-0.39, 0.29) is 77.6 Å². The van der Waals surface area contributed by atoms with Crippen molar-refractivity contribution in [3.63, 3.8) is 0 Å². The van der Waals surface area contributed by atoms with Crippen LogP contribution in [0, 0.1) is 23.5 Å². The van der Waals surface area contributed by atoms with Crippen molar-refractivity contribution < 1.29 is 54.3 Å². The fraction of sp³-hybridized carbons (Fsp3) is 0.367. The molecular formula is C49H51ClF6N8O6. The number of rotatable bonds is 12. The normalized spacial score (nSPS) is 14.4. The number of piperidine rings is 2. The second kappa shape index (κ2) is 23.7. The monoisotopic (exact) mass is 996 g/mol. The quantitative estimate of drug-likeness (QED) is 0.116. The Morgan fingerprint density at radius 3 is 1.44 bits per heavy atom. The summed E-state index contributed by atoms with van der Waals surface area (Å²) in [6.07, 6.45) is -3.88. The van der Waals surface area contributed by atoms with Gasteiger partial charge in [-0.05, 0) is 108 Å². The summed E-state index contributed by atoms with van der Waals surface area (Å²) in [5.74, 6) is -4.02. The lowest BCUT2D eigenvalue weighted by atomic mass is 9.95. The van der Waals surface area contributed by atoms with Crippen LogP contribution in [0.25, 0.3) is 22.9 Å². The lowest BCUT2D eigenvalue weighted by molar-refractivity contribution is -0.124. The summed E-state index contributed by atoms with van der Waals surface area (Å²) in [5, 5.41) is 16.9. The van der Waals surface area contributed by atoms with Gasteiger partial charge in [-0.25, -0.2) is 13.6 Å². The van der Waals surface area contributed by atoms with Gasteiger partial charge in [-0.3, -0.25) is 9.59 Å². The van der Waals surface area contributed by atoms with Gasteiger partial charge < -0.3 is 33.6 Å². The van der Waals surface area contributed by atoms with Crippen LogP contribution in [0.5, 0.6) is 0 Å². The van der Waals surface area contributed by atoms with E-state index in [4.69, 9.17) is 13.6 Å². The number of benzene rings is 4. The summed E-state index contributed by atoms with van der Waals surface area (Å²) in [4.78, 5) is 44.0. The first-order valence-corrected chi connectivity index (χ1v) is 22.3. The molecule has 70 heavy (non-hydrogen) atoms. The molecule has 21 heteroatoms. The van der Waals surface area contributed by atoms with Gasteiger partial charge >= 0.3 is 18.9 Å². The zero-order valence-electron chi connectivity index (χ0n) is 38.4. The second-order valence-corrected chi connectivity index (χ2v) is 17.4. The topological polar surface area (TPSA) is 160 Å². The molecule has 3 amide bonds. The Hall–Kier alpha value is -6.80. The average molecular weight is 997 g/mol. The third-order valence-corrected chi connectivity index (χ3v) is 11.4. The molecule has 1 N–H and O–H groups in total. The van der Waals surface area contributed by atoms with Crippen molar-refractivity contribution in [1.29, 1.82) is 0 Å². The predicted molar refractivity (Wildman–Crippen MR) is 248 cm³/mol. The molecule has 4 aromatic carbocycles. The number of likely N-dealkylation sites (tertiary alicyclic amines) is 1. The maximum absolute atomic E-state index is 15.1.